The van der Waals surface area contributed by atoms with Crippen molar-refractivity contribution < 1.29 is 13.2 Å². The number of hydrogen-bond donors (Lipinski definition) is 0. The lowest BCUT2D eigenvalue weighted by Crippen LogP contribution is -2.43. The van der Waals surface area contributed by atoms with Crippen LogP contribution in [0.5, 0.6) is 0 Å². The lowest BCUT2D eigenvalue weighted by Gasteiger charge is -2.32. The highest BCUT2D eigenvalue weighted by molar-refractivity contribution is 7.89. The van der Waals surface area contributed by atoms with E-state index in [1.54, 1.807) is 18.0 Å². The maximum Gasteiger partial charge on any atom is 0.243 e. The fourth-order valence-electron chi connectivity index (χ4n) is 3.49. The molecule has 0 unspecified atom stereocenters. The Morgan fingerprint density at radius 1 is 1.21 bits per heavy atom. The van der Waals surface area contributed by atoms with E-state index in [1.165, 1.54) is 28.6 Å². The van der Waals surface area contributed by atoms with Crippen molar-refractivity contribution >= 4 is 27.5 Å². The highest BCUT2D eigenvalue weighted by Gasteiger charge is 2.33. The maximum absolute atomic E-state index is 12.8. The average Bonchev–Trinajstić information content (AvgIpc) is 2.73. The largest absolute Gasteiger partial charge is 0.341 e. The van der Waals surface area contributed by atoms with E-state index in [9.17, 15) is 13.2 Å². The van der Waals surface area contributed by atoms with Gasteiger partial charge in [0.1, 0.15) is 0 Å². The van der Waals surface area contributed by atoms with Gasteiger partial charge >= 0.3 is 0 Å². The second-order valence-electron chi connectivity index (χ2n) is 7.14. The van der Waals surface area contributed by atoms with Gasteiger partial charge < -0.3 is 4.90 Å². The van der Waals surface area contributed by atoms with Crippen LogP contribution in [0.1, 0.15) is 24.0 Å². The SMILES string of the molecule is CN(Cc1cccc(Cl)c1)C(=O)C1CCN(S(=O)(=O)c2ccc(C#N)cc2)CC1. The van der Waals surface area contributed by atoms with Crippen molar-refractivity contribution in [3.05, 3.63) is 64.7 Å². The second kappa shape index (κ2) is 8.95. The Morgan fingerprint density at radius 2 is 1.86 bits per heavy atom. The van der Waals surface area contributed by atoms with Crippen LogP contribution in [0, 0.1) is 17.2 Å². The summed E-state index contributed by atoms with van der Waals surface area (Å²) in [6.07, 6.45) is 0.961. The van der Waals surface area contributed by atoms with Crippen molar-refractivity contribution in [1.82, 2.24) is 9.21 Å². The van der Waals surface area contributed by atoms with Crippen LogP contribution >= 0.6 is 11.6 Å². The molecule has 1 amide bonds. The number of carbonyl (C=O) groups is 1. The van der Waals surface area contributed by atoms with Crippen molar-refractivity contribution in [3.8, 4) is 6.07 Å². The molecule has 0 N–H and O–H groups in total. The monoisotopic (exact) mass is 431 g/mol. The molecular weight excluding hydrogens is 410 g/mol. The summed E-state index contributed by atoms with van der Waals surface area (Å²) in [6.45, 7) is 1.05. The molecule has 1 fully saturated rings. The number of carbonyl (C=O) groups excluding carboxylic acids is 1. The van der Waals surface area contributed by atoms with Crippen LogP contribution in [0.2, 0.25) is 5.02 Å². The number of rotatable bonds is 5. The third-order valence-corrected chi connectivity index (χ3v) is 7.26. The van der Waals surface area contributed by atoms with Gasteiger partial charge in [-0.25, -0.2) is 8.42 Å². The molecule has 3 rings (SSSR count). The van der Waals surface area contributed by atoms with Gasteiger partial charge in [-0.2, -0.15) is 9.57 Å². The number of nitriles is 1. The smallest absolute Gasteiger partial charge is 0.243 e. The number of halogens is 1. The van der Waals surface area contributed by atoms with Crippen LogP contribution in [-0.2, 0) is 21.4 Å². The number of sulfonamides is 1. The predicted octanol–water partition coefficient (Wildman–Crippen LogP) is 3.27. The maximum atomic E-state index is 12.8. The van der Waals surface area contributed by atoms with Crippen LogP contribution in [0.4, 0.5) is 0 Å². The van der Waals surface area contributed by atoms with Crippen molar-refractivity contribution in [2.24, 2.45) is 5.92 Å². The molecule has 0 radical (unpaired) electrons. The molecule has 1 saturated heterocycles. The molecule has 1 heterocycles. The topological polar surface area (TPSA) is 81.5 Å². The minimum absolute atomic E-state index is 0.0143. The van der Waals surface area contributed by atoms with E-state index < -0.39 is 10.0 Å². The Hall–Kier alpha value is -2.40. The summed E-state index contributed by atoms with van der Waals surface area (Å²) in [5.74, 6) is -0.188. The molecule has 0 spiro atoms. The summed E-state index contributed by atoms with van der Waals surface area (Å²) in [5, 5.41) is 9.49. The van der Waals surface area contributed by atoms with Gasteiger partial charge in [-0.05, 0) is 54.8 Å². The highest BCUT2D eigenvalue weighted by atomic mass is 35.5. The normalized spacial score (nSPS) is 15.6. The van der Waals surface area contributed by atoms with E-state index in [-0.39, 0.29) is 16.7 Å². The standard InChI is InChI=1S/C21H22ClN3O3S/c1-24(15-17-3-2-4-19(22)13-17)21(26)18-9-11-25(12-10-18)29(27,28)20-7-5-16(14-23)6-8-20/h2-8,13,18H,9-12,15H2,1H3. The van der Waals surface area contributed by atoms with E-state index in [1.807, 2.05) is 24.3 Å². The molecule has 2 aromatic rings. The molecule has 6 nitrogen and oxygen atoms in total. The van der Waals surface area contributed by atoms with E-state index >= 15 is 0 Å². The summed E-state index contributed by atoms with van der Waals surface area (Å²) >= 11 is 6.00. The fraction of sp³-hybridized carbons (Fsp3) is 0.333. The zero-order valence-corrected chi connectivity index (χ0v) is 17.7. The van der Waals surface area contributed by atoms with Gasteiger partial charge in [-0.3, -0.25) is 4.79 Å². The van der Waals surface area contributed by atoms with Gasteiger partial charge in [0.05, 0.1) is 16.5 Å². The van der Waals surface area contributed by atoms with Crippen LogP contribution in [-0.4, -0.2) is 43.7 Å². The molecule has 152 valence electrons. The van der Waals surface area contributed by atoms with Crippen LogP contribution in [0.25, 0.3) is 0 Å². The molecule has 2 aromatic carbocycles. The van der Waals surface area contributed by atoms with Gasteiger partial charge in [0.15, 0.2) is 0 Å². The molecule has 0 atom stereocenters. The molecular formula is C21H22ClN3O3S. The van der Waals surface area contributed by atoms with E-state index in [2.05, 4.69) is 0 Å². The highest BCUT2D eigenvalue weighted by Crippen LogP contribution is 2.25. The zero-order chi connectivity index (χ0) is 21.0. The van der Waals surface area contributed by atoms with E-state index in [0.29, 0.717) is 43.1 Å². The Kier molecular flexibility index (Phi) is 6.58. The molecule has 0 saturated carbocycles. The molecule has 8 heteroatoms. The van der Waals surface area contributed by atoms with Gasteiger partial charge in [-0.15, -0.1) is 0 Å². The van der Waals surface area contributed by atoms with Crippen LogP contribution < -0.4 is 0 Å². The lowest BCUT2D eigenvalue weighted by molar-refractivity contribution is -0.135. The number of amides is 1. The van der Waals surface area contributed by atoms with Gasteiger partial charge in [-0.1, -0.05) is 23.7 Å². The van der Waals surface area contributed by atoms with Gasteiger partial charge in [0, 0.05) is 37.6 Å². The second-order valence-corrected chi connectivity index (χ2v) is 9.51. The first kappa shape index (κ1) is 21.3. The van der Waals surface area contributed by atoms with Gasteiger partial charge in [0.2, 0.25) is 15.9 Å². The van der Waals surface area contributed by atoms with Crippen LogP contribution in [0.15, 0.2) is 53.4 Å². The van der Waals surface area contributed by atoms with Crippen molar-refractivity contribution in [1.29, 1.82) is 5.26 Å². The van der Waals surface area contributed by atoms with E-state index in [0.717, 1.165) is 5.56 Å². The van der Waals surface area contributed by atoms with Gasteiger partial charge in [0.25, 0.3) is 0 Å². The molecule has 29 heavy (non-hydrogen) atoms. The summed E-state index contributed by atoms with van der Waals surface area (Å²) in [4.78, 5) is 14.6. The lowest BCUT2D eigenvalue weighted by atomic mass is 9.96. The first-order valence-electron chi connectivity index (χ1n) is 9.31. The Balaban J connectivity index is 1.60. The summed E-state index contributed by atoms with van der Waals surface area (Å²) in [6, 6.07) is 15.2. The zero-order valence-electron chi connectivity index (χ0n) is 16.1. The van der Waals surface area contributed by atoms with Crippen LogP contribution in [0.3, 0.4) is 0 Å². The molecule has 0 bridgehead atoms. The first-order valence-corrected chi connectivity index (χ1v) is 11.1. The summed E-state index contributed by atoms with van der Waals surface area (Å²) < 4.78 is 27.0. The summed E-state index contributed by atoms with van der Waals surface area (Å²) in [7, 11) is -1.87. The number of hydrogen-bond acceptors (Lipinski definition) is 4. The summed E-state index contributed by atoms with van der Waals surface area (Å²) in [5.41, 5.74) is 1.37. The van der Waals surface area contributed by atoms with Crippen molar-refractivity contribution in [3.63, 3.8) is 0 Å². The minimum atomic E-state index is -3.63. The third kappa shape index (κ3) is 4.96. The number of benzene rings is 2. The number of piperidine rings is 1. The third-order valence-electron chi connectivity index (χ3n) is 5.11. The predicted molar refractivity (Wildman–Crippen MR) is 111 cm³/mol. The molecule has 0 aromatic heterocycles. The number of nitrogens with zero attached hydrogens (tertiary/aromatic N) is 3. The molecule has 1 aliphatic heterocycles. The quantitative estimate of drug-likeness (QED) is 0.727. The van der Waals surface area contributed by atoms with Crippen molar-refractivity contribution in [2.75, 3.05) is 20.1 Å². The first-order chi connectivity index (χ1) is 13.8. The Labute approximate surface area is 176 Å². The molecule has 0 aliphatic carbocycles. The molecule has 1 aliphatic rings. The fourth-order valence-corrected chi connectivity index (χ4v) is 5.17. The Morgan fingerprint density at radius 3 is 2.45 bits per heavy atom. The Bertz CT molecular complexity index is 1020. The van der Waals surface area contributed by atoms with Crippen molar-refractivity contribution in [2.45, 2.75) is 24.3 Å². The average molecular weight is 432 g/mol. The van der Waals surface area contributed by atoms with E-state index in [4.69, 9.17) is 16.9 Å². The minimum Gasteiger partial charge on any atom is -0.341 e.